The molecule has 0 aliphatic carbocycles. The molecule has 0 spiro atoms. The minimum Gasteiger partial charge on any atom is -0.351 e. The van der Waals surface area contributed by atoms with Crippen LogP contribution in [0.5, 0.6) is 0 Å². The van der Waals surface area contributed by atoms with E-state index in [1.807, 2.05) is 49.0 Å². The Morgan fingerprint density at radius 1 is 1.12 bits per heavy atom. The van der Waals surface area contributed by atoms with E-state index in [2.05, 4.69) is 51.8 Å². The van der Waals surface area contributed by atoms with Crippen LogP contribution in [0.25, 0.3) is 22.6 Å². The molecule has 2 aromatic heterocycles. The molecule has 0 aliphatic heterocycles. The standard InChI is InChI=1S/C24H25ClN6OS/c1-4-31-23(19-14-30(3)29-22(19)17-11-9-16(2)10-12-17)27-28-24(31)33-15-21(32)26-13-18-7-5-6-8-20(18)25/h5-12,14H,4,13,15H2,1-3H3,(H,26,32). The van der Waals surface area contributed by atoms with E-state index in [0.717, 1.165) is 28.2 Å². The van der Waals surface area contributed by atoms with Gasteiger partial charge in [0, 0.05) is 36.9 Å². The fraction of sp³-hybridized carbons (Fsp3) is 0.250. The number of thioether (sulfide) groups is 1. The lowest BCUT2D eigenvalue weighted by Crippen LogP contribution is -2.24. The highest BCUT2D eigenvalue weighted by atomic mass is 35.5. The lowest BCUT2D eigenvalue weighted by Gasteiger charge is -2.09. The fourth-order valence-corrected chi connectivity index (χ4v) is 4.51. The Hall–Kier alpha value is -3.10. The summed E-state index contributed by atoms with van der Waals surface area (Å²) in [5.41, 5.74) is 4.87. The lowest BCUT2D eigenvalue weighted by atomic mass is 10.1. The van der Waals surface area contributed by atoms with Gasteiger partial charge in [0.25, 0.3) is 0 Å². The summed E-state index contributed by atoms with van der Waals surface area (Å²) in [4.78, 5) is 12.4. The zero-order valence-electron chi connectivity index (χ0n) is 18.7. The van der Waals surface area contributed by atoms with Gasteiger partial charge in [0.05, 0.1) is 11.3 Å². The Kier molecular flexibility index (Phi) is 7.15. The quantitative estimate of drug-likeness (QED) is 0.369. The molecule has 0 unspecified atom stereocenters. The molecule has 7 nitrogen and oxygen atoms in total. The SMILES string of the molecule is CCn1c(SCC(=O)NCc2ccccc2Cl)nnc1-c1cn(C)nc1-c1ccc(C)cc1. The lowest BCUT2D eigenvalue weighted by molar-refractivity contribution is -0.118. The summed E-state index contributed by atoms with van der Waals surface area (Å²) in [6.07, 6.45) is 1.95. The van der Waals surface area contributed by atoms with Crippen molar-refractivity contribution in [1.29, 1.82) is 0 Å². The van der Waals surface area contributed by atoms with Gasteiger partial charge < -0.3 is 9.88 Å². The van der Waals surface area contributed by atoms with E-state index in [-0.39, 0.29) is 11.7 Å². The molecule has 0 atom stereocenters. The second kappa shape index (κ2) is 10.2. The van der Waals surface area contributed by atoms with E-state index in [4.69, 9.17) is 11.6 Å². The van der Waals surface area contributed by atoms with Crippen molar-refractivity contribution in [3.8, 4) is 22.6 Å². The third-order valence-corrected chi connectivity index (χ3v) is 6.53. The maximum atomic E-state index is 12.4. The highest BCUT2D eigenvalue weighted by Gasteiger charge is 2.20. The first-order valence-corrected chi connectivity index (χ1v) is 12.0. The molecule has 4 rings (SSSR count). The number of halogens is 1. The van der Waals surface area contributed by atoms with E-state index in [1.54, 1.807) is 4.68 Å². The van der Waals surface area contributed by atoms with Crippen LogP contribution in [0.1, 0.15) is 18.1 Å². The summed E-state index contributed by atoms with van der Waals surface area (Å²) in [5.74, 6) is 0.884. The van der Waals surface area contributed by atoms with Gasteiger partial charge in [0.2, 0.25) is 5.91 Å². The van der Waals surface area contributed by atoms with Gasteiger partial charge in [-0.2, -0.15) is 5.10 Å². The minimum absolute atomic E-state index is 0.0890. The average molecular weight is 481 g/mol. The molecule has 0 bridgehead atoms. The van der Waals surface area contributed by atoms with Crippen molar-refractivity contribution >= 4 is 29.3 Å². The first-order valence-electron chi connectivity index (χ1n) is 10.6. The molecule has 1 amide bonds. The van der Waals surface area contributed by atoms with Crippen molar-refractivity contribution < 1.29 is 4.79 Å². The van der Waals surface area contributed by atoms with E-state index in [9.17, 15) is 4.79 Å². The van der Waals surface area contributed by atoms with E-state index in [0.29, 0.717) is 23.3 Å². The molecular formula is C24H25ClN6OS. The summed E-state index contributed by atoms with van der Waals surface area (Å²) in [7, 11) is 1.90. The number of amides is 1. The van der Waals surface area contributed by atoms with Crippen LogP contribution < -0.4 is 5.32 Å². The van der Waals surface area contributed by atoms with Crippen molar-refractivity contribution in [1.82, 2.24) is 29.9 Å². The molecule has 9 heteroatoms. The molecule has 170 valence electrons. The zero-order chi connectivity index (χ0) is 23.4. The predicted octanol–water partition coefficient (Wildman–Crippen LogP) is 4.74. The van der Waals surface area contributed by atoms with Gasteiger partial charge in [-0.25, -0.2) is 0 Å². The highest BCUT2D eigenvalue weighted by Crippen LogP contribution is 2.32. The predicted molar refractivity (Wildman–Crippen MR) is 132 cm³/mol. The highest BCUT2D eigenvalue weighted by molar-refractivity contribution is 7.99. The monoisotopic (exact) mass is 480 g/mol. The van der Waals surface area contributed by atoms with Gasteiger partial charge >= 0.3 is 0 Å². The molecule has 33 heavy (non-hydrogen) atoms. The van der Waals surface area contributed by atoms with Crippen LogP contribution in [0.2, 0.25) is 5.02 Å². The van der Waals surface area contributed by atoms with Gasteiger partial charge in [-0.1, -0.05) is 71.4 Å². The van der Waals surface area contributed by atoms with E-state index < -0.39 is 0 Å². The Bertz CT molecular complexity index is 1260. The van der Waals surface area contributed by atoms with Crippen molar-refractivity contribution in [3.05, 3.63) is 70.9 Å². The van der Waals surface area contributed by atoms with Gasteiger partial charge in [-0.15, -0.1) is 10.2 Å². The van der Waals surface area contributed by atoms with Crippen LogP contribution in [0, 0.1) is 6.92 Å². The molecule has 4 aromatic rings. The zero-order valence-corrected chi connectivity index (χ0v) is 20.3. The van der Waals surface area contributed by atoms with E-state index in [1.165, 1.54) is 17.3 Å². The molecular weight excluding hydrogens is 456 g/mol. The third-order valence-electron chi connectivity index (χ3n) is 5.19. The minimum atomic E-state index is -0.0890. The molecule has 0 saturated heterocycles. The van der Waals surface area contributed by atoms with Crippen molar-refractivity contribution in [2.45, 2.75) is 32.1 Å². The van der Waals surface area contributed by atoms with Crippen molar-refractivity contribution in [2.24, 2.45) is 7.05 Å². The molecule has 2 heterocycles. The van der Waals surface area contributed by atoms with Gasteiger partial charge in [-0.05, 0) is 25.5 Å². The number of hydrogen-bond acceptors (Lipinski definition) is 5. The second-order valence-electron chi connectivity index (χ2n) is 7.64. The van der Waals surface area contributed by atoms with Gasteiger partial charge in [-0.3, -0.25) is 9.48 Å². The van der Waals surface area contributed by atoms with Crippen LogP contribution in [-0.2, 0) is 24.9 Å². The molecule has 2 aromatic carbocycles. The maximum Gasteiger partial charge on any atom is 0.230 e. The first kappa shape index (κ1) is 23.1. The van der Waals surface area contributed by atoms with Crippen molar-refractivity contribution in [2.75, 3.05) is 5.75 Å². The number of rotatable bonds is 8. The number of hydrogen-bond donors (Lipinski definition) is 1. The van der Waals surface area contributed by atoms with Gasteiger partial charge in [0.15, 0.2) is 11.0 Å². The summed E-state index contributed by atoms with van der Waals surface area (Å²) in [6.45, 7) is 5.16. The summed E-state index contributed by atoms with van der Waals surface area (Å²) >= 11 is 7.52. The number of nitrogens with one attached hydrogen (secondary N) is 1. The summed E-state index contributed by atoms with van der Waals surface area (Å²) in [6, 6.07) is 15.7. The van der Waals surface area contributed by atoms with Gasteiger partial charge in [0.1, 0.15) is 5.69 Å². The Labute approximate surface area is 202 Å². The molecule has 0 saturated carbocycles. The molecule has 1 N–H and O–H groups in total. The normalized spacial score (nSPS) is 11.0. The van der Waals surface area contributed by atoms with Crippen LogP contribution in [0.15, 0.2) is 59.9 Å². The molecule has 0 radical (unpaired) electrons. The second-order valence-corrected chi connectivity index (χ2v) is 8.99. The van der Waals surface area contributed by atoms with Crippen LogP contribution in [0.3, 0.4) is 0 Å². The number of aryl methyl sites for hydroxylation is 2. The smallest absolute Gasteiger partial charge is 0.230 e. The largest absolute Gasteiger partial charge is 0.351 e. The number of benzene rings is 2. The first-order chi connectivity index (χ1) is 16.0. The number of carbonyl (C=O) groups excluding carboxylic acids is 1. The average Bonchev–Trinajstić information content (AvgIpc) is 3.40. The summed E-state index contributed by atoms with van der Waals surface area (Å²) in [5, 5.41) is 17.7. The third kappa shape index (κ3) is 5.29. The van der Waals surface area contributed by atoms with Crippen LogP contribution >= 0.6 is 23.4 Å². The number of aromatic nitrogens is 5. The van der Waals surface area contributed by atoms with Crippen molar-refractivity contribution in [3.63, 3.8) is 0 Å². The summed E-state index contributed by atoms with van der Waals surface area (Å²) < 4.78 is 3.80. The fourth-order valence-electron chi connectivity index (χ4n) is 3.47. The number of nitrogens with zero attached hydrogens (tertiary/aromatic N) is 5. The van der Waals surface area contributed by atoms with E-state index >= 15 is 0 Å². The maximum absolute atomic E-state index is 12.4. The van der Waals surface area contributed by atoms with Crippen LogP contribution in [-0.4, -0.2) is 36.2 Å². The number of carbonyl (C=O) groups is 1. The Morgan fingerprint density at radius 3 is 2.61 bits per heavy atom. The molecule has 0 aliphatic rings. The van der Waals surface area contributed by atoms with Crippen LogP contribution in [0.4, 0.5) is 0 Å². The molecule has 0 fully saturated rings. The topological polar surface area (TPSA) is 77.6 Å². The Morgan fingerprint density at radius 2 is 1.88 bits per heavy atom. The Balaban J connectivity index is 1.49.